The fourth-order valence-corrected chi connectivity index (χ4v) is 0.411. The molecule has 0 N–H and O–H groups in total. The highest BCUT2D eigenvalue weighted by molar-refractivity contribution is 5.62. The molecule has 0 saturated heterocycles. The number of hydrogen-bond acceptors (Lipinski definition) is 9. The van der Waals surface area contributed by atoms with E-state index in [1.54, 1.807) is 0 Å². The zero-order chi connectivity index (χ0) is 12.4. The predicted molar refractivity (Wildman–Crippen MR) is 44.3 cm³/mol. The Kier molecular flexibility index (Phi) is 7.03. The minimum atomic E-state index is -1.19. The van der Waals surface area contributed by atoms with Crippen LogP contribution < -0.4 is 0 Å². The lowest BCUT2D eigenvalue weighted by Gasteiger charge is -2.06. The molecule has 0 bridgehead atoms. The Morgan fingerprint density at radius 2 is 1.00 bits per heavy atom. The maximum Gasteiger partial charge on any atom is 0.514 e. The van der Waals surface area contributed by atoms with Crippen LogP contribution in [-0.4, -0.2) is 46.3 Å². The number of carbonyl (C=O) groups excluding carboxylic acids is 3. The van der Waals surface area contributed by atoms with Gasteiger partial charge < -0.3 is 28.4 Å². The highest BCUT2D eigenvalue weighted by Crippen LogP contribution is 1.90. The average Bonchev–Trinajstić information content (AvgIpc) is 2.28. The van der Waals surface area contributed by atoms with Crippen molar-refractivity contribution < 1.29 is 42.8 Å². The van der Waals surface area contributed by atoms with Crippen molar-refractivity contribution in [2.75, 3.05) is 27.8 Å². The summed E-state index contributed by atoms with van der Waals surface area (Å²) < 4.78 is 25.0. The van der Waals surface area contributed by atoms with Gasteiger partial charge in [0.2, 0.25) is 13.6 Å². The summed E-state index contributed by atoms with van der Waals surface area (Å²) in [7, 11) is 2.18. The molecule has 0 aromatic carbocycles. The van der Waals surface area contributed by atoms with Crippen LogP contribution in [0.5, 0.6) is 0 Å². The van der Waals surface area contributed by atoms with Crippen LogP contribution in [0, 0.1) is 0 Å². The van der Waals surface area contributed by atoms with Gasteiger partial charge in [0.15, 0.2) is 0 Å². The third kappa shape index (κ3) is 7.24. The molecule has 0 amide bonds. The Labute approximate surface area is 90.1 Å². The minimum absolute atomic E-state index is 0.677. The molecule has 0 heterocycles. The van der Waals surface area contributed by atoms with E-state index in [9.17, 15) is 14.4 Å². The van der Waals surface area contributed by atoms with Crippen LogP contribution in [0.1, 0.15) is 0 Å². The van der Waals surface area contributed by atoms with Crippen LogP contribution in [0.2, 0.25) is 0 Å². The van der Waals surface area contributed by atoms with Crippen LogP contribution in [0.4, 0.5) is 14.4 Å². The van der Waals surface area contributed by atoms with E-state index in [0.29, 0.717) is 0 Å². The maximum absolute atomic E-state index is 10.7. The lowest BCUT2D eigenvalue weighted by atomic mass is 11.2. The molecule has 9 nitrogen and oxygen atoms in total. The number of carbonyl (C=O) groups is 3. The van der Waals surface area contributed by atoms with Gasteiger partial charge >= 0.3 is 18.5 Å². The monoisotopic (exact) mass is 238 g/mol. The fourth-order valence-electron chi connectivity index (χ4n) is 0.411. The SMILES string of the molecule is COC(=O)OCOC(=O)OCOC(=O)OC. The summed E-state index contributed by atoms with van der Waals surface area (Å²) >= 11 is 0. The molecule has 0 rings (SSSR count). The molecule has 0 aromatic rings. The highest BCUT2D eigenvalue weighted by Gasteiger charge is 2.08. The predicted octanol–water partition coefficient (Wildman–Crippen LogP) is 0.621. The van der Waals surface area contributed by atoms with Crippen LogP contribution >= 0.6 is 0 Å². The molecule has 0 aliphatic rings. The first-order chi connectivity index (χ1) is 7.60. The van der Waals surface area contributed by atoms with Crippen molar-refractivity contribution in [3.8, 4) is 0 Å². The van der Waals surface area contributed by atoms with E-state index in [0.717, 1.165) is 14.2 Å². The van der Waals surface area contributed by atoms with Gasteiger partial charge in [-0.25, -0.2) is 14.4 Å². The summed E-state index contributed by atoms with van der Waals surface area (Å²) in [6, 6.07) is 0. The zero-order valence-electron chi connectivity index (χ0n) is 8.59. The fraction of sp³-hybridized carbons (Fsp3) is 0.571. The van der Waals surface area contributed by atoms with Crippen molar-refractivity contribution in [3.63, 3.8) is 0 Å². The average molecular weight is 238 g/mol. The summed E-state index contributed by atoms with van der Waals surface area (Å²) in [4.78, 5) is 31.4. The molecule has 0 unspecified atom stereocenters. The van der Waals surface area contributed by atoms with Gasteiger partial charge in [-0.05, 0) is 0 Å². The second-order valence-electron chi connectivity index (χ2n) is 1.97. The standard InChI is InChI=1S/C7H10O9/c1-11-5(8)13-3-15-7(10)16-4-14-6(9)12-2/h3-4H2,1-2H3. The molecule has 9 heteroatoms. The lowest BCUT2D eigenvalue weighted by Crippen LogP contribution is -2.16. The Morgan fingerprint density at radius 1 is 0.688 bits per heavy atom. The molecule has 92 valence electrons. The zero-order valence-corrected chi connectivity index (χ0v) is 8.59. The number of rotatable bonds is 4. The first kappa shape index (κ1) is 13.8. The van der Waals surface area contributed by atoms with Crippen molar-refractivity contribution in [1.82, 2.24) is 0 Å². The number of ether oxygens (including phenoxy) is 6. The molecule has 0 radical (unpaired) electrons. The summed E-state index contributed by atoms with van der Waals surface area (Å²) in [5, 5.41) is 0. The maximum atomic E-state index is 10.7. The van der Waals surface area contributed by atoms with Crippen LogP contribution in [0.3, 0.4) is 0 Å². The molecule has 16 heavy (non-hydrogen) atoms. The van der Waals surface area contributed by atoms with E-state index in [-0.39, 0.29) is 0 Å². The molecular formula is C7H10O9. The first-order valence-corrected chi connectivity index (χ1v) is 3.81. The van der Waals surface area contributed by atoms with E-state index < -0.39 is 32.1 Å². The van der Waals surface area contributed by atoms with Crippen molar-refractivity contribution in [1.29, 1.82) is 0 Å². The largest absolute Gasteiger partial charge is 0.514 e. The smallest absolute Gasteiger partial charge is 0.438 e. The van der Waals surface area contributed by atoms with Crippen molar-refractivity contribution >= 4 is 18.5 Å². The van der Waals surface area contributed by atoms with E-state index in [1.807, 2.05) is 0 Å². The third-order valence-electron chi connectivity index (χ3n) is 1.04. The third-order valence-corrected chi connectivity index (χ3v) is 1.04. The summed E-state index contributed by atoms with van der Waals surface area (Å²) in [5.41, 5.74) is 0. The lowest BCUT2D eigenvalue weighted by molar-refractivity contribution is -0.0636. The highest BCUT2D eigenvalue weighted by atomic mass is 16.9. The van der Waals surface area contributed by atoms with Crippen molar-refractivity contribution in [3.05, 3.63) is 0 Å². The van der Waals surface area contributed by atoms with Gasteiger partial charge in [-0.2, -0.15) is 0 Å². The number of hydrogen-bond donors (Lipinski definition) is 0. The Morgan fingerprint density at radius 3 is 1.31 bits per heavy atom. The second-order valence-corrected chi connectivity index (χ2v) is 1.97. The summed E-state index contributed by atoms with van der Waals surface area (Å²) in [5.74, 6) is 0. The summed E-state index contributed by atoms with van der Waals surface area (Å²) in [6.45, 7) is -1.35. The van der Waals surface area contributed by atoms with Gasteiger partial charge in [0.25, 0.3) is 0 Å². The van der Waals surface area contributed by atoms with Crippen molar-refractivity contribution in [2.24, 2.45) is 0 Å². The quantitative estimate of drug-likeness (QED) is 0.395. The van der Waals surface area contributed by atoms with E-state index in [4.69, 9.17) is 0 Å². The van der Waals surface area contributed by atoms with Gasteiger partial charge in [0, 0.05) is 0 Å². The topological polar surface area (TPSA) is 107 Å². The van der Waals surface area contributed by atoms with Gasteiger partial charge in [0.1, 0.15) is 0 Å². The van der Waals surface area contributed by atoms with Gasteiger partial charge in [0.05, 0.1) is 14.2 Å². The molecule has 0 fully saturated rings. The Bertz CT molecular complexity index is 224. The first-order valence-electron chi connectivity index (χ1n) is 3.81. The van der Waals surface area contributed by atoms with Crippen LogP contribution in [0.25, 0.3) is 0 Å². The second kappa shape index (κ2) is 8.15. The molecule has 0 aromatic heterocycles. The van der Waals surface area contributed by atoms with E-state index >= 15 is 0 Å². The van der Waals surface area contributed by atoms with Gasteiger partial charge in [-0.1, -0.05) is 0 Å². The molecule has 0 spiro atoms. The van der Waals surface area contributed by atoms with Crippen LogP contribution in [0.15, 0.2) is 0 Å². The van der Waals surface area contributed by atoms with E-state index in [2.05, 4.69) is 28.4 Å². The number of methoxy groups -OCH3 is 2. The van der Waals surface area contributed by atoms with Crippen molar-refractivity contribution in [2.45, 2.75) is 0 Å². The van der Waals surface area contributed by atoms with E-state index in [1.165, 1.54) is 0 Å². The van der Waals surface area contributed by atoms with Crippen LogP contribution in [-0.2, 0) is 28.4 Å². The Balaban J connectivity index is 3.45. The summed E-state index contributed by atoms with van der Waals surface area (Å²) in [6.07, 6.45) is -3.22. The molecule has 0 aliphatic heterocycles. The normalized spacial score (nSPS) is 8.62. The van der Waals surface area contributed by atoms with Gasteiger partial charge in [-0.3, -0.25) is 0 Å². The molecule has 0 atom stereocenters. The molecular weight excluding hydrogens is 228 g/mol. The molecule has 0 aliphatic carbocycles. The molecule has 0 saturated carbocycles. The Hall–Kier alpha value is -2.19. The van der Waals surface area contributed by atoms with Gasteiger partial charge in [-0.15, -0.1) is 0 Å². The minimum Gasteiger partial charge on any atom is -0.438 e.